The van der Waals surface area contributed by atoms with E-state index in [1.807, 2.05) is 0 Å². The first-order valence-corrected chi connectivity index (χ1v) is 5.73. The molecule has 3 nitrogen and oxygen atoms in total. The fourth-order valence-electron chi connectivity index (χ4n) is 1.07. The predicted molar refractivity (Wildman–Crippen MR) is 65.3 cm³/mol. The molecule has 0 spiro atoms. The molecular formula is C11H13Cl2NO2. The average Bonchev–Trinajstić information content (AvgIpc) is 2.26. The fraction of sp³-hybridized carbons (Fsp3) is 0.364. The summed E-state index contributed by atoms with van der Waals surface area (Å²) in [4.78, 5) is 10.9. The van der Waals surface area contributed by atoms with Crippen molar-refractivity contribution in [2.45, 2.75) is 13.3 Å². The van der Waals surface area contributed by atoms with E-state index in [4.69, 9.17) is 27.9 Å². The third-order valence-corrected chi connectivity index (χ3v) is 2.43. The minimum atomic E-state index is 0.00537. The van der Waals surface area contributed by atoms with Crippen molar-refractivity contribution < 1.29 is 9.53 Å². The van der Waals surface area contributed by atoms with Gasteiger partial charge >= 0.3 is 0 Å². The first-order chi connectivity index (χ1) is 7.63. The molecule has 0 aliphatic carbocycles. The Morgan fingerprint density at radius 1 is 1.44 bits per heavy atom. The molecule has 1 aromatic rings. The van der Waals surface area contributed by atoms with E-state index in [1.54, 1.807) is 25.1 Å². The van der Waals surface area contributed by atoms with Crippen LogP contribution in [0.25, 0.3) is 0 Å². The highest BCUT2D eigenvalue weighted by Crippen LogP contribution is 2.27. The maximum absolute atomic E-state index is 10.9. The minimum absolute atomic E-state index is 0.00537. The molecule has 0 heterocycles. The second kappa shape index (κ2) is 6.61. The second-order valence-electron chi connectivity index (χ2n) is 3.13. The number of nitrogens with one attached hydrogen (secondary N) is 1. The van der Waals surface area contributed by atoms with E-state index in [0.29, 0.717) is 35.4 Å². The lowest BCUT2D eigenvalue weighted by Crippen LogP contribution is -2.27. The summed E-state index contributed by atoms with van der Waals surface area (Å²) in [5, 5.41) is 3.73. The van der Waals surface area contributed by atoms with Gasteiger partial charge in [-0.3, -0.25) is 4.79 Å². The van der Waals surface area contributed by atoms with Crippen LogP contribution in [0.1, 0.15) is 13.3 Å². The molecular weight excluding hydrogens is 249 g/mol. The molecule has 0 aliphatic rings. The highest BCUT2D eigenvalue weighted by Gasteiger charge is 2.02. The molecule has 0 bridgehead atoms. The van der Waals surface area contributed by atoms with Crippen LogP contribution < -0.4 is 10.1 Å². The number of hydrogen-bond donors (Lipinski definition) is 1. The van der Waals surface area contributed by atoms with Crippen LogP contribution in [0.4, 0.5) is 0 Å². The number of ether oxygens (including phenoxy) is 1. The molecule has 0 saturated carbocycles. The molecule has 0 radical (unpaired) electrons. The SMILES string of the molecule is CCC(=O)NCCOc1ccc(Cl)cc1Cl. The summed E-state index contributed by atoms with van der Waals surface area (Å²) in [6.45, 7) is 2.64. The topological polar surface area (TPSA) is 38.3 Å². The maximum atomic E-state index is 10.9. The smallest absolute Gasteiger partial charge is 0.219 e. The summed E-state index contributed by atoms with van der Waals surface area (Å²) in [5.74, 6) is 0.572. The zero-order valence-corrected chi connectivity index (χ0v) is 10.4. The highest BCUT2D eigenvalue weighted by atomic mass is 35.5. The quantitative estimate of drug-likeness (QED) is 0.828. The van der Waals surface area contributed by atoms with Gasteiger partial charge in [0.05, 0.1) is 11.6 Å². The summed E-state index contributed by atoms with van der Waals surface area (Å²) in [7, 11) is 0. The van der Waals surface area contributed by atoms with Crippen LogP contribution in [0.15, 0.2) is 18.2 Å². The molecule has 0 aromatic heterocycles. The van der Waals surface area contributed by atoms with Gasteiger partial charge in [-0.15, -0.1) is 0 Å². The van der Waals surface area contributed by atoms with Crippen molar-refractivity contribution in [3.8, 4) is 5.75 Å². The van der Waals surface area contributed by atoms with Crippen LogP contribution in [-0.2, 0) is 4.79 Å². The Labute approximate surface area is 105 Å². The van der Waals surface area contributed by atoms with Gasteiger partial charge in [-0.25, -0.2) is 0 Å². The van der Waals surface area contributed by atoms with Gasteiger partial charge in [0.1, 0.15) is 12.4 Å². The molecule has 88 valence electrons. The number of rotatable bonds is 5. The summed E-state index contributed by atoms with van der Waals surface area (Å²) < 4.78 is 5.38. The predicted octanol–water partition coefficient (Wildman–Crippen LogP) is 2.90. The van der Waals surface area contributed by atoms with E-state index in [1.165, 1.54) is 0 Å². The minimum Gasteiger partial charge on any atom is -0.490 e. The van der Waals surface area contributed by atoms with Crippen molar-refractivity contribution in [3.63, 3.8) is 0 Å². The van der Waals surface area contributed by atoms with E-state index in [-0.39, 0.29) is 5.91 Å². The first-order valence-electron chi connectivity index (χ1n) is 4.98. The Kier molecular flexibility index (Phi) is 5.43. The van der Waals surface area contributed by atoms with Crippen molar-refractivity contribution >= 4 is 29.1 Å². The van der Waals surface area contributed by atoms with Gasteiger partial charge in [-0.1, -0.05) is 30.1 Å². The lowest BCUT2D eigenvalue weighted by molar-refractivity contribution is -0.120. The van der Waals surface area contributed by atoms with Crippen molar-refractivity contribution in [2.75, 3.05) is 13.2 Å². The van der Waals surface area contributed by atoms with Crippen molar-refractivity contribution in [1.82, 2.24) is 5.32 Å². The van der Waals surface area contributed by atoms with E-state index in [9.17, 15) is 4.79 Å². The molecule has 0 unspecified atom stereocenters. The summed E-state index contributed by atoms with van der Waals surface area (Å²) >= 11 is 11.6. The number of carbonyl (C=O) groups excluding carboxylic acids is 1. The summed E-state index contributed by atoms with van der Waals surface area (Å²) in [6.07, 6.45) is 0.474. The number of halogens is 2. The fourth-order valence-corrected chi connectivity index (χ4v) is 1.53. The zero-order valence-electron chi connectivity index (χ0n) is 8.93. The highest BCUT2D eigenvalue weighted by molar-refractivity contribution is 6.35. The Bertz CT molecular complexity index is 369. The third kappa shape index (κ3) is 4.29. The molecule has 16 heavy (non-hydrogen) atoms. The maximum Gasteiger partial charge on any atom is 0.219 e. The number of hydrogen-bond acceptors (Lipinski definition) is 2. The molecule has 0 fully saturated rings. The molecule has 0 aliphatic heterocycles. The van der Waals surface area contributed by atoms with E-state index >= 15 is 0 Å². The standard InChI is InChI=1S/C11H13Cl2NO2/c1-2-11(15)14-5-6-16-10-4-3-8(12)7-9(10)13/h3-4,7H,2,5-6H2,1H3,(H,14,15). The number of benzene rings is 1. The zero-order chi connectivity index (χ0) is 12.0. The van der Waals surface area contributed by atoms with Crippen molar-refractivity contribution in [2.24, 2.45) is 0 Å². The number of amides is 1. The summed E-state index contributed by atoms with van der Waals surface area (Å²) in [5.41, 5.74) is 0. The van der Waals surface area contributed by atoms with Gasteiger partial charge < -0.3 is 10.1 Å². The van der Waals surface area contributed by atoms with E-state index in [2.05, 4.69) is 5.32 Å². The lowest BCUT2D eigenvalue weighted by atomic mass is 10.3. The normalized spacial score (nSPS) is 9.94. The molecule has 1 amide bonds. The average molecular weight is 262 g/mol. The molecule has 5 heteroatoms. The Morgan fingerprint density at radius 3 is 2.81 bits per heavy atom. The van der Waals surface area contributed by atoms with Crippen LogP contribution in [-0.4, -0.2) is 19.1 Å². The van der Waals surface area contributed by atoms with Crippen LogP contribution in [0.3, 0.4) is 0 Å². The first kappa shape index (κ1) is 13.1. The molecule has 0 saturated heterocycles. The Morgan fingerprint density at radius 2 is 2.19 bits per heavy atom. The molecule has 1 rings (SSSR count). The van der Waals surface area contributed by atoms with Gasteiger partial charge in [0, 0.05) is 11.4 Å². The van der Waals surface area contributed by atoms with Crippen molar-refractivity contribution in [1.29, 1.82) is 0 Å². The van der Waals surface area contributed by atoms with Crippen LogP contribution in [0.2, 0.25) is 10.0 Å². The largest absolute Gasteiger partial charge is 0.490 e. The van der Waals surface area contributed by atoms with Crippen LogP contribution in [0, 0.1) is 0 Å². The molecule has 1 N–H and O–H groups in total. The Balaban J connectivity index is 2.35. The van der Waals surface area contributed by atoms with Crippen LogP contribution in [0.5, 0.6) is 5.75 Å². The van der Waals surface area contributed by atoms with Crippen molar-refractivity contribution in [3.05, 3.63) is 28.2 Å². The van der Waals surface area contributed by atoms with Gasteiger partial charge in [0.2, 0.25) is 5.91 Å². The molecule has 1 aromatic carbocycles. The van der Waals surface area contributed by atoms with Crippen LogP contribution >= 0.6 is 23.2 Å². The monoisotopic (exact) mass is 261 g/mol. The summed E-state index contributed by atoms with van der Waals surface area (Å²) in [6, 6.07) is 5.02. The van der Waals surface area contributed by atoms with E-state index in [0.717, 1.165) is 0 Å². The third-order valence-electron chi connectivity index (χ3n) is 1.90. The van der Waals surface area contributed by atoms with Gasteiger partial charge in [0.25, 0.3) is 0 Å². The lowest BCUT2D eigenvalue weighted by Gasteiger charge is -2.08. The Hall–Kier alpha value is -0.930. The van der Waals surface area contributed by atoms with E-state index < -0.39 is 0 Å². The molecule has 0 atom stereocenters. The van der Waals surface area contributed by atoms with Gasteiger partial charge in [-0.05, 0) is 18.2 Å². The second-order valence-corrected chi connectivity index (χ2v) is 3.97. The van der Waals surface area contributed by atoms with Gasteiger partial charge in [0.15, 0.2) is 0 Å². The number of carbonyl (C=O) groups is 1. The van der Waals surface area contributed by atoms with Gasteiger partial charge in [-0.2, -0.15) is 0 Å².